The van der Waals surface area contributed by atoms with Crippen LogP contribution < -0.4 is 15.4 Å². The van der Waals surface area contributed by atoms with Gasteiger partial charge in [0.1, 0.15) is 5.75 Å². The van der Waals surface area contributed by atoms with Gasteiger partial charge in [-0.15, -0.1) is 0 Å². The molecule has 0 saturated carbocycles. The van der Waals surface area contributed by atoms with Crippen molar-refractivity contribution in [3.05, 3.63) is 59.9 Å². The number of piperazine rings is 1. The molecule has 27 heavy (non-hydrogen) atoms. The van der Waals surface area contributed by atoms with E-state index in [9.17, 15) is 4.79 Å². The van der Waals surface area contributed by atoms with Gasteiger partial charge in [-0.1, -0.05) is 18.2 Å². The summed E-state index contributed by atoms with van der Waals surface area (Å²) in [7, 11) is 0. The minimum Gasteiger partial charge on any atom is -0.494 e. The summed E-state index contributed by atoms with van der Waals surface area (Å²) >= 11 is 0. The minimum absolute atomic E-state index is 0.0737. The van der Waals surface area contributed by atoms with Crippen LogP contribution in [0, 0.1) is 0 Å². The smallest absolute Gasteiger partial charge is 0.221 e. The molecule has 0 radical (unpaired) electrons. The molecule has 1 aromatic carbocycles. The lowest BCUT2D eigenvalue weighted by atomic mass is 10.1. The summed E-state index contributed by atoms with van der Waals surface area (Å²) < 4.78 is 5.44. The summed E-state index contributed by atoms with van der Waals surface area (Å²) in [5.41, 5.74) is 2.28. The van der Waals surface area contributed by atoms with Crippen molar-refractivity contribution in [2.24, 2.45) is 0 Å². The van der Waals surface area contributed by atoms with E-state index in [4.69, 9.17) is 4.74 Å². The van der Waals surface area contributed by atoms with E-state index in [0.717, 1.165) is 37.5 Å². The van der Waals surface area contributed by atoms with E-state index >= 15 is 0 Å². The van der Waals surface area contributed by atoms with Crippen LogP contribution in [0.15, 0.2) is 48.8 Å². The van der Waals surface area contributed by atoms with Gasteiger partial charge >= 0.3 is 0 Å². The Morgan fingerprint density at radius 3 is 2.89 bits per heavy atom. The van der Waals surface area contributed by atoms with Gasteiger partial charge in [-0.25, -0.2) is 0 Å². The Balaban J connectivity index is 1.41. The number of benzene rings is 1. The highest BCUT2D eigenvalue weighted by molar-refractivity contribution is 5.76. The van der Waals surface area contributed by atoms with Crippen molar-refractivity contribution in [2.75, 3.05) is 26.2 Å². The first-order valence-electron chi connectivity index (χ1n) is 9.56. The van der Waals surface area contributed by atoms with Crippen LogP contribution in [0.5, 0.6) is 5.75 Å². The summed E-state index contributed by atoms with van der Waals surface area (Å²) in [4.78, 5) is 18.9. The molecule has 1 aliphatic rings. The zero-order valence-electron chi connectivity index (χ0n) is 15.9. The monoisotopic (exact) mass is 368 g/mol. The molecule has 0 spiro atoms. The molecule has 2 N–H and O–H groups in total. The average Bonchev–Trinajstić information content (AvgIpc) is 2.69. The number of nitrogens with zero attached hydrogens (tertiary/aromatic N) is 2. The van der Waals surface area contributed by atoms with Gasteiger partial charge in [0, 0.05) is 57.6 Å². The van der Waals surface area contributed by atoms with Crippen molar-refractivity contribution in [3.8, 4) is 5.75 Å². The van der Waals surface area contributed by atoms with E-state index in [-0.39, 0.29) is 11.9 Å². The van der Waals surface area contributed by atoms with Gasteiger partial charge in [-0.05, 0) is 36.2 Å². The van der Waals surface area contributed by atoms with E-state index in [1.54, 1.807) is 6.20 Å². The first kappa shape index (κ1) is 19.3. The van der Waals surface area contributed by atoms with Crippen molar-refractivity contribution >= 4 is 5.91 Å². The molecule has 1 fully saturated rings. The van der Waals surface area contributed by atoms with Crippen LogP contribution in [0.2, 0.25) is 0 Å². The summed E-state index contributed by atoms with van der Waals surface area (Å²) in [5.74, 6) is 0.928. The minimum atomic E-state index is 0.0737. The molecule has 6 nitrogen and oxygen atoms in total. The number of aromatic nitrogens is 1. The Hall–Kier alpha value is -2.44. The largest absolute Gasteiger partial charge is 0.494 e. The summed E-state index contributed by atoms with van der Waals surface area (Å²) in [6, 6.07) is 12.1. The lowest BCUT2D eigenvalue weighted by molar-refractivity contribution is -0.122. The van der Waals surface area contributed by atoms with Crippen molar-refractivity contribution in [1.82, 2.24) is 20.5 Å². The molecule has 1 aromatic heterocycles. The summed E-state index contributed by atoms with van der Waals surface area (Å²) in [5, 5.41) is 6.46. The average molecular weight is 368 g/mol. The normalized spacial score (nSPS) is 17.4. The molecule has 1 aliphatic heterocycles. The SMILES string of the molecule is CCOc1ccc(CNC(=O)CC2CN(Cc3cccnc3)CCN2)cc1. The second-order valence-electron chi connectivity index (χ2n) is 6.81. The number of carbonyl (C=O) groups excluding carboxylic acids is 1. The lowest BCUT2D eigenvalue weighted by Crippen LogP contribution is -2.51. The third kappa shape index (κ3) is 6.34. The molecule has 2 heterocycles. The Bertz CT molecular complexity index is 706. The first-order valence-corrected chi connectivity index (χ1v) is 9.56. The molecule has 1 saturated heterocycles. The van der Waals surface area contributed by atoms with Crippen LogP contribution >= 0.6 is 0 Å². The quantitative estimate of drug-likeness (QED) is 0.746. The molecule has 1 amide bonds. The van der Waals surface area contributed by atoms with Gasteiger partial charge in [0.2, 0.25) is 5.91 Å². The fourth-order valence-corrected chi connectivity index (χ4v) is 3.29. The van der Waals surface area contributed by atoms with Crippen LogP contribution in [0.4, 0.5) is 0 Å². The predicted molar refractivity (Wildman–Crippen MR) is 105 cm³/mol. The second-order valence-corrected chi connectivity index (χ2v) is 6.81. The molecular weight excluding hydrogens is 340 g/mol. The zero-order chi connectivity index (χ0) is 18.9. The van der Waals surface area contributed by atoms with Gasteiger partial charge in [-0.3, -0.25) is 14.7 Å². The van der Waals surface area contributed by atoms with Crippen molar-refractivity contribution in [3.63, 3.8) is 0 Å². The lowest BCUT2D eigenvalue weighted by Gasteiger charge is -2.33. The third-order valence-corrected chi connectivity index (χ3v) is 4.62. The van der Waals surface area contributed by atoms with E-state index < -0.39 is 0 Å². The number of amides is 1. The van der Waals surface area contributed by atoms with Crippen LogP contribution in [0.3, 0.4) is 0 Å². The fourth-order valence-electron chi connectivity index (χ4n) is 3.29. The molecular formula is C21H28N4O2. The molecule has 1 atom stereocenters. The van der Waals surface area contributed by atoms with Gasteiger partial charge in [0.15, 0.2) is 0 Å². The Labute approximate surface area is 160 Å². The number of hydrogen-bond acceptors (Lipinski definition) is 5. The summed E-state index contributed by atoms with van der Waals surface area (Å²) in [6.45, 7) is 6.78. The standard InChI is InChI=1S/C21H28N4O2/c1-2-27-20-7-5-17(6-8-20)14-24-21(26)12-19-16-25(11-10-23-19)15-18-4-3-9-22-13-18/h3-9,13,19,23H,2,10-12,14-16H2,1H3,(H,24,26). The van der Waals surface area contributed by atoms with Gasteiger partial charge < -0.3 is 15.4 Å². The number of nitrogens with one attached hydrogen (secondary N) is 2. The number of hydrogen-bond donors (Lipinski definition) is 2. The van der Waals surface area contributed by atoms with Gasteiger partial charge in [0.05, 0.1) is 6.61 Å². The molecule has 2 aromatic rings. The molecule has 0 aliphatic carbocycles. The van der Waals surface area contributed by atoms with Crippen LogP contribution in [0.1, 0.15) is 24.5 Å². The molecule has 6 heteroatoms. The molecule has 1 unspecified atom stereocenters. The Morgan fingerprint density at radius 2 is 2.15 bits per heavy atom. The Kier molecular flexibility index (Phi) is 7.19. The molecule has 3 rings (SSSR count). The highest BCUT2D eigenvalue weighted by Gasteiger charge is 2.21. The number of rotatable bonds is 8. The predicted octanol–water partition coefficient (Wildman–Crippen LogP) is 1.96. The van der Waals surface area contributed by atoms with E-state index in [1.165, 1.54) is 5.56 Å². The van der Waals surface area contributed by atoms with Crippen LogP contribution in [-0.4, -0.2) is 48.1 Å². The van der Waals surface area contributed by atoms with Gasteiger partial charge in [-0.2, -0.15) is 0 Å². The highest BCUT2D eigenvalue weighted by atomic mass is 16.5. The maximum absolute atomic E-state index is 12.3. The first-order chi connectivity index (χ1) is 13.2. The third-order valence-electron chi connectivity index (χ3n) is 4.62. The fraction of sp³-hybridized carbons (Fsp3) is 0.429. The molecule has 0 bridgehead atoms. The van der Waals surface area contributed by atoms with Crippen LogP contribution in [-0.2, 0) is 17.9 Å². The van der Waals surface area contributed by atoms with Crippen molar-refractivity contribution < 1.29 is 9.53 Å². The van der Waals surface area contributed by atoms with Gasteiger partial charge in [0.25, 0.3) is 0 Å². The Morgan fingerprint density at radius 1 is 1.30 bits per heavy atom. The number of carbonyl (C=O) groups is 1. The van der Waals surface area contributed by atoms with E-state index in [1.807, 2.05) is 43.5 Å². The van der Waals surface area contributed by atoms with Crippen molar-refractivity contribution in [1.29, 1.82) is 0 Å². The number of ether oxygens (including phenoxy) is 1. The highest BCUT2D eigenvalue weighted by Crippen LogP contribution is 2.12. The topological polar surface area (TPSA) is 66.5 Å². The second kappa shape index (κ2) is 10.0. The maximum Gasteiger partial charge on any atom is 0.221 e. The zero-order valence-corrected chi connectivity index (χ0v) is 15.9. The van der Waals surface area contributed by atoms with Crippen molar-refractivity contribution in [2.45, 2.75) is 32.5 Å². The summed E-state index contributed by atoms with van der Waals surface area (Å²) in [6.07, 6.45) is 4.18. The number of pyridine rings is 1. The molecule has 144 valence electrons. The van der Waals surface area contributed by atoms with Crippen LogP contribution in [0.25, 0.3) is 0 Å². The van der Waals surface area contributed by atoms with E-state index in [2.05, 4.69) is 26.6 Å². The maximum atomic E-state index is 12.3. The van der Waals surface area contributed by atoms with E-state index in [0.29, 0.717) is 19.6 Å².